The number of ether oxygens (including phenoxy) is 2. The van der Waals surface area contributed by atoms with E-state index in [2.05, 4.69) is 15.6 Å². The highest BCUT2D eigenvalue weighted by atomic mass is 31.2. The molecule has 8 bridgehead atoms. The van der Waals surface area contributed by atoms with Gasteiger partial charge in [0, 0.05) is 137 Å². The fraction of sp³-hybridized carbons (Fsp3) is 0.623. The number of nitrogens with two attached hydrogens (primary N) is 6. The highest BCUT2D eigenvalue weighted by Gasteiger charge is 2.66. The SMILES string of the molecule is COc1ccc2c(c1)ncn2[C@H]1O[C@H](CO)[C@@H](OP(=O)(O)O[C@H](C)CNC(=O)CC[C@@]2(C)C3=N[C@H]([C@@H]2CC(N)=O)[C@]2(C)N=C(/C(C)=C4\NC(=CC5=NC(=C3C)[C@@H](CCC(N)=O)C5(C)C)[C@@H](CCC(N)=O)[C@]4(C)CC(N)=O)[C@@H](CCC(N)=O)[C@]2(C)CC(N)=O)[C@H]1O. The molecule has 0 radical (unpaired) electrons. The smallest absolute Gasteiger partial charge is 0.472 e. The number of rotatable bonds is 27. The molecular weight excluding hydrogens is 1190 g/mol. The Morgan fingerprint density at radius 1 is 0.833 bits per heavy atom. The number of carbonyl (C=O) groups is 7. The molecule has 2 aromatic rings. The quantitative estimate of drug-likeness (QED) is 0.0573. The van der Waals surface area contributed by atoms with Gasteiger partial charge in [0.25, 0.3) is 0 Å². The standard InChI is InChI=1S/C61H88N13O15P/c1-29(88-90(84,85)89-52-40(27-75)87-56(51(52)83)74-28-69-38-21-32(86-10)11-15-39(38)74)26-68-48(82)19-20-58(6)36(22-45(65)79)55-61(9)60(8,25-47(67)81)35(14-18-44(64)78)50(73-61)31(3)54-59(7,24-46(66)80)33(12-16-42(62)76)37(70-54)23-41-57(4,5)34(13-17-43(63)77)49(71-41)30(2)53(58)72-55/h11,15,21,23,28-29,33-36,40,51-52,55-56,70,75,83H,12-14,16-20,22,24-27H2,1-10H3,(H2,62,76)(H2,63,77)(H2,64,78)(H2,65,79)(H2,66,80)(H2,67,81)(H,68,82)(H,84,85)/b37-23?,49-30?,54-31-/t29-,33-,34-,35-,36+,40-,51-,52-,55-,56+,58-,59+,60+,61+/m1/s1. The summed E-state index contributed by atoms with van der Waals surface area (Å²) in [5.41, 5.74) is 35.2. The van der Waals surface area contributed by atoms with E-state index >= 15 is 0 Å². The Kier molecular flexibility index (Phi) is 19.7. The number of hydrogen-bond acceptors (Lipinski definition) is 19. The third-order valence-electron chi connectivity index (χ3n) is 20.2. The lowest BCUT2D eigenvalue weighted by Gasteiger charge is -2.48. The molecule has 492 valence electrons. The van der Waals surface area contributed by atoms with Crippen LogP contribution in [-0.4, -0.2) is 139 Å². The Bertz CT molecular complexity index is 3500. The summed E-state index contributed by atoms with van der Waals surface area (Å²) in [6.45, 7) is 15.3. The van der Waals surface area contributed by atoms with Crippen LogP contribution in [0, 0.1) is 45.3 Å². The van der Waals surface area contributed by atoms with Crippen molar-refractivity contribution in [2.45, 2.75) is 175 Å². The number of aliphatic imine (C=N–C) groups is 3. The first kappa shape index (κ1) is 68.7. The van der Waals surface area contributed by atoms with E-state index in [1.54, 1.807) is 18.2 Å². The van der Waals surface area contributed by atoms with Crippen LogP contribution in [0.5, 0.6) is 5.75 Å². The van der Waals surface area contributed by atoms with Gasteiger partial charge in [-0.3, -0.25) is 57.6 Å². The molecule has 6 aliphatic rings. The minimum Gasteiger partial charge on any atom is -0.497 e. The third-order valence-corrected chi connectivity index (χ3v) is 21.3. The number of amides is 7. The van der Waals surface area contributed by atoms with Crippen LogP contribution in [0.3, 0.4) is 0 Å². The predicted octanol–water partition coefficient (Wildman–Crippen LogP) is 2.56. The van der Waals surface area contributed by atoms with Crippen molar-refractivity contribution in [1.29, 1.82) is 0 Å². The largest absolute Gasteiger partial charge is 0.497 e. The number of nitrogens with zero attached hydrogens (tertiary/aromatic N) is 5. The van der Waals surface area contributed by atoms with Gasteiger partial charge in [0.05, 0.1) is 48.8 Å². The number of aliphatic hydroxyl groups excluding tert-OH is 2. The molecular formula is C61H88N13O15P. The molecule has 28 nitrogen and oxygen atoms in total. The Hall–Kier alpha value is -7.20. The summed E-state index contributed by atoms with van der Waals surface area (Å²) in [7, 11) is -3.58. The number of nitrogens with one attached hydrogen (secondary N) is 2. The van der Waals surface area contributed by atoms with Gasteiger partial charge in [-0.25, -0.2) is 9.55 Å². The summed E-state index contributed by atoms with van der Waals surface area (Å²) in [5.74, 6) is -6.68. The molecule has 8 rings (SSSR count). The highest BCUT2D eigenvalue weighted by Crippen LogP contribution is 2.63. The third kappa shape index (κ3) is 13.0. The first-order chi connectivity index (χ1) is 42.0. The van der Waals surface area contributed by atoms with E-state index in [1.165, 1.54) is 24.9 Å². The summed E-state index contributed by atoms with van der Waals surface area (Å²) < 4.78 is 37.4. The van der Waals surface area contributed by atoms with Gasteiger partial charge in [0.2, 0.25) is 41.4 Å². The number of aromatic nitrogens is 2. The molecule has 7 heterocycles. The minimum absolute atomic E-state index is 0.0170. The Morgan fingerprint density at radius 3 is 2.04 bits per heavy atom. The van der Waals surface area contributed by atoms with Crippen molar-refractivity contribution in [3.05, 3.63) is 58.8 Å². The lowest BCUT2D eigenvalue weighted by Crippen LogP contribution is -2.56. The van der Waals surface area contributed by atoms with Gasteiger partial charge in [-0.1, -0.05) is 34.6 Å². The molecule has 0 spiro atoms. The lowest BCUT2D eigenvalue weighted by atomic mass is 9.55. The second-order valence-electron chi connectivity index (χ2n) is 26.5. The van der Waals surface area contributed by atoms with Gasteiger partial charge in [-0.2, -0.15) is 0 Å². The second-order valence-corrected chi connectivity index (χ2v) is 27.9. The number of benzene rings is 1. The van der Waals surface area contributed by atoms with Crippen molar-refractivity contribution in [3.63, 3.8) is 0 Å². The normalized spacial score (nSPS) is 32.8. The minimum atomic E-state index is -5.08. The molecule has 2 saturated heterocycles. The van der Waals surface area contributed by atoms with E-state index in [1.807, 2.05) is 61.5 Å². The molecule has 15 atom stereocenters. The van der Waals surface area contributed by atoms with Gasteiger partial charge in [0.1, 0.15) is 24.1 Å². The summed E-state index contributed by atoms with van der Waals surface area (Å²) in [6.07, 6.45) is -4.47. The van der Waals surface area contributed by atoms with Crippen LogP contribution in [0.15, 0.2) is 73.8 Å². The molecule has 1 unspecified atom stereocenters. The van der Waals surface area contributed by atoms with Crippen LogP contribution in [0.4, 0.5) is 0 Å². The van der Waals surface area contributed by atoms with Crippen LogP contribution < -0.4 is 49.8 Å². The topological polar surface area (TPSA) is 469 Å². The summed E-state index contributed by atoms with van der Waals surface area (Å²) in [4.78, 5) is 126. The lowest BCUT2D eigenvalue weighted by molar-refractivity contribution is -0.124. The van der Waals surface area contributed by atoms with Crippen LogP contribution in [-0.2, 0) is 51.9 Å². The van der Waals surface area contributed by atoms with Crippen LogP contribution >= 0.6 is 7.82 Å². The van der Waals surface area contributed by atoms with E-state index in [4.69, 9.17) is 67.9 Å². The fourth-order valence-corrected chi connectivity index (χ4v) is 16.4. The Morgan fingerprint density at radius 2 is 1.46 bits per heavy atom. The summed E-state index contributed by atoms with van der Waals surface area (Å²) in [5, 5.41) is 28.1. The number of allylic oxidation sites excluding steroid dienone is 6. The van der Waals surface area contributed by atoms with E-state index in [0.29, 0.717) is 62.2 Å². The zero-order valence-corrected chi connectivity index (χ0v) is 53.6. The van der Waals surface area contributed by atoms with Crippen molar-refractivity contribution in [2.24, 2.45) is 94.7 Å². The molecule has 29 heteroatoms. The van der Waals surface area contributed by atoms with Crippen LogP contribution in [0.1, 0.15) is 139 Å². The monoisotopic (exact) mass is 1270 g/mol. The molecule has 17 N–H and O–H groups in total. The van der Waals surface area contributed by atoms with Crippen molar-refractivity contribution < 1.29 is 71.8 Å². The molecule has 0 saturated carbocycles. The van der Waals surface area contributed by atoms with Gasteiger partial charge in [-0.15, -0.1) is 0 Å². The number of methoxy groups -OCH3 is 1. The maximum absolute atomic E-state index is 14.4. The number of carbonyl (C=O) groups excluding carboxylic acids is 7. The number of hydrogen-bond donors (Lipinski definition) is 11. The van der Waals surface area contributed by atoms with Crippen molar-refractivity contribution in [3.8, 4) is 5.75 Å². The molecule has 0 aliphatic carbocycles. The van der Waals surface area contributed by atoms with Crippen LogP contribution in [0.25, 0.3) is 11.0 Å². The summed E-state index contributed by atoms with van der Waals surface area (Å²) >= 11 is 0. The zero-order valence-electron chi connectivity index (χ0n) is 52.7. The highest BCUT2D eigenvalue weighted by molar-refractivity contribution is 7.47. The van der Waals surface area contributed by atoms with Gasteiger partial charge >= 0.3 is 7.82 Å². The molecule has 2 fully saturated rings. The maximum atomic E-state index is 14.4. The average Bonchev–Trinajstić information content (AvgIpc) is 1.53. The number of aliphatic hydroxyl groups is 2. The van der Waals surface area contributed by atoms with Crippen molar-refractivity contribution >= 4 is 77.3 Å². The number of imidazole rings is 1. The zero-order chi connectivity index (χ0) is 66.5. The number of phosphoric acid groups is 1. The van der Waals surface area contributed by atoms with Crippen molar-refractivity contribution in [1.82, 2.24) is 20.2 Å². The first-order valence-corrected chi connectivity index (χ1v) is 31.8. The number of primary amides is 6. The van der Waals surface area contributed by atoms with E-state index in [9.17, 15) is 53.2 Å². The van der Waals surface area contributed by atoms with Gasteiger partial charge in [-0.05, 0) is 82.7 Å². The second kappa shape index (κ2) is 25.8. The molecule has 90 heavy (non-hydrogen) atoms. The van der Waals surface area contributed by atoms with Gasteiger partial charge in [0.15, 0.2) is 6.23 Å². The fourth-order valence-electron chi connectivity index (χ4n) is 15.3. The van der Waals surface area contributed by atoms with Gasteiger partial charge < -0.3 is 74.2 Å². The maximum Gasteiger partial charge on any atom is 0.472 e. The van der Waals surface area contributed by atoms with Crippen molar-refractivity contribution in [2.75, 3.05) is 20.3 Å². The Labute approximate surface area is 522 Å². The average molecular weight is 1270 g/mol. The Balaban J connectivity index is 1.19. The molecule has 6 aliphatic heterocycles. The first-order valence-electron chi connectivity index (χ1n) is 30.3. The molecule has 7 amide bonds. The number of phosphoric ester groups is 1. The van der Waals surface area contributed by atoms with E-state index < -0.39 is 143 Å². The summed E-state index contributed by atoms with van der Waals surface area (Å²) in [6, 6.07) is 3.99. The van der Waals surface area contributed by atoms with Crippen LogP contribution in [0.2, 0.25) is 0 Å². The number of fused-ring (bicyclic) bond motifs is 7. The predicted molar refractivity (Wildman–Crippen MR) is 331 cm³/mol. The van der Waals surface area contributed by atoms with E-state index in [0.717, 1.165) is 0 Å². The van der Waals surface area contributed by atoms with E-state index in [-0.39, 0.29) is 77.2 Å². The molecule has 1 aromatic heterocycles. The molecule has 1 aromatic carbocycles.